The first-order valence-corrected chi connectivity index (χ1v) is 19.3. The molecule has 3 saturated heterocycles. The monoisotopic (exact) mass is 736 g/mol. The van der Waals surface area contributed by atoms with Crippen LogP contribution in [0.25, 0.3) is 22.3 Å². The number of nitrogen functional groups attached to an aromatic ring is 2. The van der Waals surface area contributed by atoms with Crippen LogP contribution in [0.1, 0.15) is 25.8 Å². The van der Waals surface area contributed by atoms with Gasteiger partial charge in [0, 0.05) is 0 Å². The Balaban J connectivity index is 1.09. The van der Waals surface area contributed by atoms with Crippen molar-refractivity contribution in [2.45, 2.75) is 62.4 Å². The minimum absolute atomic E-state index is 0.0222. The number of aromatic amines is 2. The van der Waals surface area contributed by atoms with Crippen LogP contribution in [-0.2, 0) is 36.1 Å². The van der Waals surface area contributed by atoms with Crippen molar-refractivity contribution in [3.05, 3.63) is 33.4 Å². The second-order valence-electron chi connectivity index (χ2n) is 10.6. The number of aromatic nitrogens is 8. The largest absolute Gasteiger partial charge is 0.428 e. The van der Waals surface area contributed by atoms with Gasteiger partial charge in [-0.25, -0.2) is 23.1 Å². The molecule has 0 saturated carbocycles. The third kappa shape index (κ3) is 6.02. The summed E-state index contributed by atoms with van der Waals surface area (Å²) in [6.07, 6.45) is -7.48. The Bertz CT molecular complexity index is 2070. The van der Waals surface area contributed by atoms with Crippen molar-refractivity contribution < 1.29 is 46.4 Å². The number of H-pyrrole nitrogens is 2. The summed E-state index contributed by atoms with van der Waals surface area (Å²) in [5, 5.41) is 22.4. The lowest BCUT2D eigenvalue weighted by atomic mass is 10.1. The van der Waals surface area contributed by atoms with Gasteiger partial charge in [0.1, 0.15) is 42.2 Å². The van der Waals surface area contributed by atoms with Crippen LogP contribution in [0.3, 0.4) is 0 Å². The van der Waals surface area contributed by atoms with Crippen molar-refractivity contribution in [1.82, 2.24) is 39.0 Å². The van der Waals surface area contributed by atoms with E-state index in [0.29, 0.717) is 11.7 Å². The molecule has 8 N–H and O–H groups in total. The van der Waals surface area contributed by atoms with E-state index in [2.05, 4.69) is 42.2 Å². The zero-order valence-corrected chi connectivity index (χ0v) is 27.3. The molecule has 0 spiro atoms. The number of hydrogen-bond acceptors (Lipinski definition) is 19. The van der Waals surface area contributed by atoms with Gasteiger partial charge >= 0.3 is 13.6 Å². The summed E-state index contributed by atoms with van der Waals surface area (Å²) in [5.74, 6) is -0.397. The molecule has 2 unspecified atom stereocenters. The molecular formula is C21H26N10O12P2S2. The molecular weight excluding hydrogens is 710 g/mol. The number of anilines is 2. The molecule has 3 aliphatic heterocycles. The molecule has 0 amide bonds. The molecule has 22 nitrogen and oxygen atoms in total. The fourth-order valence-electron chi connectivity index (χ4n) is 5.44. The lowest BCUT2D eigenvalue weighted by molar-refractivity contribution is -0.0497. The van der Waals surface area contributed by atoms with Gasteiger partial charge < -0.3 is 31.2 Å². The van der Waals surface area contributed by atoms with Crippen molar-refractivity contribution in [1.29, 1.82) is 0 Å². The number of rotatable bonds is 10. The predicted octanol–water partition coefficient (Wildman–Crippen LogP) is -0.0448. The lowest BCUT2D eigenvalue weighted by Gasteiger charge is -2.25. The van der Waals surface area contributed by atoms with Crippen LogP contribution < -0.4 is 22.6 Å². The van der Waals surface area contributed by atoms with Gasteiger partial charge in [-0.1, -0.05) is 19.2 Å². The van der Waals surface area contributed by atoms with E-state index in [1.807, 2.05) is 0 Å². The minimum atomic E-state index is -4.34. The first-order valence-electron chi connectivity index (χ1n) is 13.7. The lowest BCUT2D eigenvalue weighted by Crippen LogP contribution is -2.36. The van der Waals surface area contributed by atoms with Crippen LogP contribution in [0.5, 0.6) is 0 Å². The zero-order chi connectivity index (χ0) is 33.4. The van der Waals surface area contributed by atoms with E-state index < -0.39 is 80.4 Å². The van der Waals surface area contributed by atoms with Crippen molar-refractivity contribution in [2.24, 2.45) is 0 Å². The fraction of sp³-hybridized carbons (Fsp3) is 0.524. The Hall–Kier alpha value is -2.86. The van der Waals surface area contributed by atoms with Crippen LogP contribution in [0.4, 0.5) is 11.9 Å². The molecule has 3 fully saturated rings. The molecule has 0 aliphatic carbocycles. The van der Waals surface area contributed by atoms with Gasteiger partial charge in [0.05, 0.1) is 25.4 Å². The van der Waals surface area contributed by atoms with E-state index in [9.17, 15) is 28.9 Å². The van der Waals surface area contributed by atoms with E-state index in [-0.39, 0.29) is 40.6 Å². The number of aliphatic hydroxyl groups is 2. The van der Waals surface area contributed by atoms with Gasteiger partial charge in [-0.05, 0) is 6.42 Å². The quantitative estimate of drug-likeness (QED) is 0.0486. The first-order chi connectivity index (χ1) is 22.3. The molecule has 0 aromatic carbocycles. The van der Waals surface area contributed by atoms with Crippen LogP contribution in [0.2, 0.25) is 0 Å². The van der Waals surface area contributed by atoms with E-state index in [0.717, 1.165) is 0 Å². The average molecular weight is 737 g/mol. The number of fused-ring (bicyclic) bond motifs is 2. The molecule has 0 radical (unpaired) electrons. The third-order valence-corrected chi connectivity index (χ3v) is 11.5. The third-order valence-electron chi connectivity index (χ3n) is 7.57. The molecule has 4 aromatic rings. The second-order valence-corrected chi connectivity index (χ2v) is 17.1. The Morgan fingerprint density at radius 1 is 1.00 bits per heavy atom. The smallest absolute Gasteiger partial charge is 0.386 e. The summed E-state index contributed by atoms with van der Waals surface area (Å²) in [7, 11) is 0. The molecule has 26 heteroatoms. The number of ether oxygens (including phenoxy) is 2. The molecule has 7 rings (SSSR count). The molecule has 47 heavy (non-hydrogen) atoms. The van der Waals surface area contributed by atoms with Gasteiger partial charge in [-0.3, -0.25) is 42.3 Å². The van der Waals surface area contributed by atoms with E-state index in [1.54, 1.807) is 6.92 Å². The normalized spacial score (nSPS) is 33.5. The standard InChI is InChI=1S/C21H26N10O12P2S2/c1-2-6-12(10(32)18(39-6)30-4-24-8-14(30)26-20(22)28-16(8)34)41-44(36,46)38-3-7-13(42-45(37)43-47-45)11(33)19(40-7)31-5-25-9-15(31)27-21(23)29-17(9)35/h4-7,10-13,18-19,32-33H,2-3H2,1H3,(H,36,46)(H3,22,26,28,34)(H3,23,27,29,35)/t6-,7-,10+,11+,12?,13?,18-,19-,44-,45+/m1/s1. The Morgan fingerprint density at radius 3 is 2.02 bits per heavy atom. The highest BCUT2D eigenvalue weighted by Gasteiger charge is 2.55. The van der Waals surface area contributed by atoms with Crippen LogP contribution in [0, 0.1) is 0 Å². The minimum Gasteiger partial charge on any atom is -0.386 e. The van der Waals surface area contributed by atoms with Gasteiger partial charge in [-0.2, -0.15) is 9.97 Å². The van der Waals surface area contributed by atoms with Gasteiger partial charge in [0.25, 0.3) is 11.1 Å². The topological polar surface area (TPSA) is 312 Å². The van der Waals surface area contributed by atoms with Gasteiger partial charge in [0.15, 0.2) is 34.8 Å². The maximum atomic E-state index is 13.5. The summed E-state index contributed by atoms with van der Waals surface area (Å²) in [4.78, 5) is 45.3. The highest BCUT2D eigenvalue weighted by Crippen LogP contribution is 2.81. The summed E-state index contributed by atoms with van der Waals surface area (Å²) in [5.41, 5.74) is 10.0. The molecule has 4 aromatic heterocycles. The van der Waals surface area contributed by atoms with Gasteiger partial charge in [-0.15, -0.1) is 0 Å². The van der Waals surface area contributed by atoms with Crippen molar-refractivity contribution >= 4 is 71.7 Å². The van der Waals surface area contributed by atoms with Crippen molar-refractivity contribution in [3.8, 4) is 0 Å². The first kappa shape index (κ1) is 32.7. The molecule has 3 aliphatic rings. The summed E-state index contributed by atoms with van der Waals surface area (Å²) in [6.45, 7) is -6.77. The number of imidazole rings is 2. The van der Waals surface area contributed by atoms with E-state index >= 15 is 0 Å². The predicted molar refractivity (Wildman–Crippen MR) is 164 cm³/mol. The Kier molecular flexibility index (Phi) is 8.29. The highest BCUT2D eigenvalue weighted by molar-refractivity contribution is 8.64. The maximum Gasteiger partial charge on any atom is 0.428 e. The number of nitrogens with two attached hydrogens (primary N) is 2. The molecule has 10 atom stereocenters. The maximum absolute atomic E-state index is 13.5. The zero-order valence-electron chi connectivity index (χ0n) is 23.8. The summed E-state index contributed by atoms with van der Waals surface area (Å²) >= 11 is 4.66. The van der Waals surface area contributed by atoms with Crippen LogP contribution >= 0.6 is 37.5 Å². The van der Waals surface area contributed by atoms with Crippen molar-refractivity contribution in [3.63, 3.8) is 0 Å². The van der Waals surface area contributed by atoms with E-state index in [1.165, 1.54) is 21.8 Å². The SMILES string of the molecule is CC[C@H]1O[C@@H](n2cnc3c(=O)[nH]c(N)nc32)[C@@H](O)C1O[P@](=O)(S)OC[C@H]1O[C@@H](n2cnc3c(=O)[nH]c(N)nc32)[C@@H](O)C1O[P@@]1(=O)OS1. The average Bonchev–Trinajstić information content (AvgIpc) is 3.32. The van der Waals surface area contributed by atoms with Crippen LogP contribution in [0.15, 0.2) is 22.2 Å². The number of nitrogens with one attached hydrogen (secondary N) is 2. The molecule has 7 heterocycles. The molecule has 0 bridgehead atoms. The number of hydrogen-bond donors (Lipinski definition) is 7. The van der Waals surface area contributed by atoms with Gasteiger partial charge in [0.2, 0.25) is 11.9 Å². The second kappa shape index (κ2) is 11.9. The summed E-state index contributed by atoms with van der Waals surface area (Å²) in [6, 6.07) is 0. The Morgan fingerprint density at radius 2 is 1.51 bits per heavy atom. The summed E-state index contributed by atoms with van der Waals surface area (Å²) < 4.78 is 62.0. The van der Waals surface area contributed by atoms with Crippen LogP contribution in [-0.4, -0.2) is 92.5 Å². The number of thiol groups is 1. The fourth-order valence-corrected chi connectivity index (χ4v) is 8.78. The highest BCUT2D eigenvalue weighted by atomic mass is 32.8. The Labute approximate surface area is 270 Å². The molecule has 254 valence electrons. The number of aliphatic hydroxyl groups excluding tert-OH is 2. The van der Waals surface area contributed by atoms with Crippen molar-refractivity contribution in [2.75, 3.05) is 18.1 Å². The number of nitrogens with zero attached hydrogens (tertiary/aromatic N) is 6. The van der Waals surface area contributed by atoms with E-state index in [4.69, 9.17) is 38.5 Å².